The molecule has 0 spiro atoms. The van der Waals surface area contributed by atoms with Gasteiger partial charge in [-0.3, -0.25) is 4.79 Å². The molecule has 0 fully saturated rings. The van der Waals surface area contributed by atoms with Crippen molar-refractivity contribution in [3.63, 3.8) is 0 Å². The standard InChI is InChI=1S/C12H15F3N2O2/c1-7(18)17-10-4-3-8(12(13,14)15)5-9(10)11(19)6-16-2/h3-5,11,16,19H,6H2,1-2H3,(H,17,18). The van der Waals surface area contributed by atoms with E-state index < -0.39 is 23.8 Å². The van der Waals surface area contributed by atoms with Crippen molar-refractivity contribution in [2.45, 2.75) is 19.2 Å². The highest BCUT2D eigenvalue weighted by molar-refractivity contribution is 5.89. The van der Waals surface area contributed by atoms with Crippen LogP contribution in [0.5, 0.6) is 0 Å². The van der Waals surface area contributed by atoms with Gasteiger partial charge in [0.25, 0.3) is 0 Å². The van der Waals surface area contributed by atoms with Gasteiger partial charge in [-0.05, 0) is 25.2 Å². The van der Waals surface area contributed by atoms with E-state index in [1.807, 2.05) is 0 Å². The summed E-state index contributed by atoms with van der Waals surface area (Å²) in [5, 5.41) is 14.9. The van der Waals surface area contributed by atoms with Gasteiger partial charge in [-0.25, -0.2) is 0 Å². The zero-order valence-electron chi connectivity index (χ0n) is 10.5. The minimum Gasteiger partial charge on any atom is -0.387 e. The highest BCUT2D eigenvalue weighted by Gasteiger charge is 2.31. The van der Waals surface area contributed by atoms with Gasteiger partial charge in [0.05, 0.1) is 11.7 Å². The second-order valence-corrected chi connectivity index (χ2v) is 4.05. The smallest absolute Gasteiger partial charge is 0.387 e. The predicted molar refractivity (Wildman–Crippen MR) is 64.6 cm³/mol. The maximum atomic E-state index is 12.6. The van der Waals surface area contributed by atoms with Gasteiger partial charge in [-0.15, -0.1) is 0 Å². The molecule has 1 unspecified atom stereocenters. The molecule has 1 atom stereocenters. The van der Waals surface area contributed by atoms with Gasteiger partial charge in [0.2, 0.25) is 5.91 Å². The topological polar surface area (TPSA) is 61.4 Å². The molecule has 0 saturated carbocycles. The van der Waals surface area contributed by atoms with Gasteiger partial charge in [0.15, 0.2) is 0 Å². The molecule has 106 valence electrons. The molecule has 4 nitrogen and oxygen atoms in total. The van der Waals surface area contributed by atoms with E-state index in [1.54, 1.807) is 7.05 Å². The number of aliphatic hydroxyl groups excluding tert-OH is 1. The van der Waals surface area contributed by atoms with Crippen molar-refractivity contribution < 1.29 is 23.1 Å². The van der Waals surface area contributed by atoms with Crippen LogP contribution in [0, 0.1) is 0 Å². The Morgan fingerprint density at radius 2 is 2.05 bits per heavy atom. The van der Waals surface area contributed by atoms with E-state index in [-0.39, 0.29) is 17.8 Å². The average Bonchev–Trinajstić information content (AvgIpc) is 2.27. The third-order valence-electron chi connectivity index (χ3n) is 2.45. The van der Waals surface area contributed by atoms with E-state index in [9.17, 15) is 23.1 Å². The number of hydrogen-bond donors (Lipinski definition) is 3. The summed E-state index contributed by atoms with van der Waals surface area (Å²) >= 11 is 0. The van der Waals surface area contributed by atoms with Crippen LogP contribution in [0.4, 0.5) is 18.9 Å². The third-order valence-corrected chi connectivity index (χ3v) is 2.45. The minimum absolute atomic E-state index is 0.0272. The van der Waals surface area contributed by atoms with E-state index in [4.69, 9.17) is 0 Å². The normalized spacial score (nSPS) is 13.2. The van der Waals surface area contributed by atoms with E-state index in [0.717, 1.165) is 18.2 Å². The maximum absolute atomic E-state index is 12.6. The van der Waals surface area contributed by atoms with E-state index in [2.05, 4.69) is 10.6 Å². The number of anilines is 1. The monoisotopic (exact) mass is 276 g/mol. The number of hydrogen-bond acceptors (Lipinski definition) is 3. The second-order valence-electron chi connectivity index (χ2n) is 4.05. The number of likely N-dealkylation sites (N-methyl/N-ethyl adjacent to an activating group) is 1. The summed E-state index contributed by atoms with van der Waals surface area (Å²) in [6.07, 6.45) is -5.64. The first kappa shape index (κ1) is 15.5. The Kier molecular flexibility index (Phi) is 4.90. The number of nitrogens with one attached hydrogen (secondary N) is 2. The Balaban J connectivity index is 3.21. The van der Waals surface area contributed by atoms with Crippen LogP contribution in [-0.4, -0.2) is 24.6 Å². The molecule has 0 bridgehead atoms. The maximum Gasteiger partial charge on any atom is 0.416 e. The Labute approximate surface area is 108 Å². The van der Waals surface area contributed by atoms with Gasteiger partial charge >= 0.3 is 6.18 Å². The number of halogens is 3. The number of rotatable bonds is 4. The van der Waals surface area contributed by atoms with Crippen molar-refractivity contribution in [1.29, 1.82) is 0 Å². The molecule has 0 aliphatic carbocycles. The summed E-state index contributed by atoms with van der Waals surface area (Å²) < 4.78 is 37.9. The molecule has 0 aromatic heterocycles. The number of aliphatic hydroxyl groups is 1. The fourth-order valence-corrected chi connectivity index (χ4v) is 1.62. The van der Waals surface area contributed by atoms with Gasteiger partial charge in [0.1, 0.15) is 0 Å². The van der Waals surface area contributed by atoms with Crippen LogP contribution in [0.1, 0.15) is 24.2 Å². The molecule has 19 heavy (non-hydrogen) atoms. The lowest BCUT2D eigenvalue weighted by molar-refractivity contribution is -0.137. The van der Waals surface area contributed by atoms with Crippen molar-refractivity contribution >= 4 is 11.6 Å². The Hall–Kier alpha value is -1.60. The first-order chi connectivity index (χ1) is 8.75. The van der Waals surface area contributed by atoms with Crippen LogP contribution >= 0.6 is 0 Å². The molecule has 1 aromatic carbocycles. The lowest BCUT2D eigenvalue weighted by Gasteiger charge is -2.18. The first-order valence-corrected chi connectivity index (χ1v) is 5.57. The fraction of sp³-hybridized carbons (Fsp3) is 0.417. The van der Waals surface area contributed by atoms with Gasteiger partial charge in [0, 0.05) is 24.7 Å². The van der Waals surface area contributed by atoms with Crippen molar-refractivity contribution in [3.8, 4) is 0 Å². The van der Waals surface area contributed by atoms with E-state index in [1.165, 1.54) is 6.92 Å². The molecule has 3 N–H and O–H groups in total. The van der Waals surface area contributed by atoms with Crippen LogP contribution in [0.2, 0.25) is 0 Å². The van der Waals surface area contributed by atoms with Crippen LogP contribution < -0.4 is 10.6 Å². The molecule has 1 rings (SSSR count). The van der Waals surface area contributed by atoms with Crippen molar-refractivity contribution in [3.05, 3.63) is 29.3 Å². The molecule has 0 aliphatic rings. The highest BCUT2D eigenvalue weighted by Crippen LogP contribution is 2.33. The molecule has 0 radical (unpaired) electrons. The summed E-state index contributed by atoms with van der Waals surface area (Å²) in [7, 11) is 1.56. The van der Waals surface area contributed by atoms with Crippen molar-refractivity contribution in [2.75, 3.05) is 18.9 Å². The molecular weight excluding hydrogens is 261 g/mol. The molecule has 0 saturated heterocycles. The molecule has 0 aliphatic heterocycles. The van der Waals surface area contributed by atoms with Crippen LogP contribution in [-0.2, 0) is 11.0 Å². The zero-order chi connectivity index (χ0) is 14.6. The van der Waals surface area contributed by atoms with Crippen LogP contribution in [0.25, 0.3) is 0 Å². The largest absolute Gasteiger partial charge is 0.416 e. The predicted octanol–water partition coefficient (Wildman–Crippen LogP) is 1.92. The molecule has 0 heterocycles. The summed E-state index contributed by atoms with van der Waals surface area (Å²) in [4.78, 5) is 11.0. The van der Waals surface area contributed by atoms with Gasteiger partial charge in [-0.1, -0.05) is 0 Å². The molecule has 7 heteroatoms. The number of alkyl halides is 3. The Bertz CT molecular complexity index is 461. The summed E-state index contributed by atoms with van der Waals surface area (Å²) in [6.45, 7) is 1.32. The highest BCUT2D eigenvalue weighted by atomic mass is 19.4. The fourth-order valence-electron chi connectivity index (χ4n) is 1.62. The third kappa shape index (κ3) is 4.22. The lowest BCUT2D eigenvalue weighted by atomic mass is 10.0. The average molecular weight is 276 g/mol. The summed E-state index contributed by atoms with van der Waals surface area (Å²) in [6, 6.07) is 2.84. The Morgan fingerprint density at radius 1 is 1.42 bits per heavy atom. The van der Waals surface area contributed by atoms with E-state index in [0.29, 0.717) is 0 Å². The summed E-state index contributed by atoms with van der Waals surface area (Å²) in [5.41, 5.74) is -0.672. The van der Waals surface area contributed by atoms with Crippen molar-refractivity contribution in [2.24, 2.45) is 0 Å². The van der Waals surface area contributed by atoms with Crippen molar-refractivity contribution in [1.82, 2.24) is 5.32 Å². The molecular formula is C12H15F3N2O2. The summed E-state index contributed by atoms with van der Waals surface area (Å²) in [5.74, 6) is -0.419. The number of carbonyl (C=O) groups excluding carboxylic acids is 1. The molecule has 1 amide bonds. The quantitative estimate of drug-likeness (QED) is 0.787. The second kappa shape index (κ2) is 6.03. The number of benzene rings is 1. The Morgan fingerprint density at radius 3 is 2.53 bits per heavy atom. The lowest BCUT2D eigenvalue weighted by Crippen LogP contribution is -2.20. The first-order valence-electron chi connectivity index (χ1n) is 5.57. The zero-order valence-corrected chi connectivity index (χ0v) is 10.5. The number of amides is 1. The van der Waals surface area contributed by atoms with E-state index >= 15 is 0 Å². The SMILES string of the molecule is CNCC(O)c1cc(C(F)(F)F)ccc1NC(C)=O. The number of carbonyl (C=O) groups is 1. The van der Waals surface area contributed by atoms with Gasteiger partial charge in [-0.2, -0.15) is 13.2 Å². The molecule has 1 aromatic rings. The van der Waals surface area contributed by atoms with Gasteiger partial charge < -0.3 is 15.7 Å². The van der Waals surface area contributed by atoms with Crippen LogP contribution in [0.15, 0.2) is 18.2 Å². The van der Waals surface area contributed by atoms with Crippen LogP contribution in [0.3, 0.4) is 0 Å². The minimum atomic E-state index is -4.50.